The summed E-state index contributed by atoms with van der Waals surface area (Å²) in [6.07, 6.45) is 3.27. The van der Waals surface area contributed by atoms with Crippen molar-refractivity contribution in [2.45, 2.75) is 58.1 Å². The van der Waals surface area contributed by atoms with Gasteiger partial charge in [0.15, 0.2) is 5.75 Å². The molecule has 33 heavy (non-hydrogen) atoms. The van der Waals surface area contributed by atoms with Gasteiger partial charge in [0.1, 0.15) is 11.4 Å². The Balaban J connectivity index is 1.49. The normalized spacial score (nSPS) is 16.2. The molecule has 8 nitrogen and oxygen atoms in total. The highest BCUT2D eigenvalue weighted by Crippen LogP contribution is 2.33. The van der Waals surface area contributed by atoms with Crippen LogP contribution in [0.5, 0.6) is 11.5 Å². The highest BCUT2D eigenvalue weighted by atomic mass is 16.6. The Morgan fingerprint density at radius 3 is 2.45 bits per heavy atom. The van der Waals surface area contributed by atoms with E-state index in [9.17, 15) is 14.9 Å². The van der Waals surface area contributed by atoms with Gasteiger partial charge >= 0.3 is 11.8 Å². The number of piperidine rings is 1. The average molecular weight is 457 g/mol. The Labute approximate surface area is 194 Å². The maximum absolute atomic E-state index is 12.7. The Kier molecular flexibility index (Phi) is 8.14. The van der Waals surface area contributed by atoms with Crippen molar-refractivity contribution in [3.63, 3.8) is 0 Å². The number of ether oxygens (including phenoxy) is 3. The van der Waals surface area contributed by atoms with E-state index < -0.39 is 10.5 Å². The lowest BCUT2D eigenvalue weighted by Gasteiger charge is -2.37. The third-order valence-corrected chi connectivity index (χ3v) is 5.27. The summed E-state index contributed by atoms with van der Waals surface area (Å²) in [5.41, 5.74) is 0.496. The van der Waals surface area contributed by atoms with Crippen LogP contribution in [0.15, 0.2) is 48.5 Å². The van der Waals surface area contributed by atoms with Crippen molar-refractivity contribution in [2.24, 2.45) is 0 Å². The van der Waals surface area contributed by atoms with Crippen molar-refractivity contribution in [3.8, 4) is 11.5 Å². The summed E-state index contributed by atoms with van der Waals surface area (Å²) in [4.78, 5) is 25.1. The van der Waals surface area contributed by atoms with E-state index in [4.69, 9.17) is 14.2 Å². The van der Waals surface area contributed by atoms with Gasteiger partial charge in [0.2, 0.25) is 0 Å². The predicted molar refractivity (Wildman–Crippen MR) is 125 cm³/mol. The first kappa shape index (κ1) is 24.4. The third-order valence-electron chi connectivity index (χ3n) is 5.27. The van der Waals surface area contributed by atoms with Crippen LogP contribution in [0.2, 0.25) is 0 Å². The molecule has 1 heterocycles. The smallest absolute Gasteiger partial charge is 0.410 e. The molecule has 8 heteroatoms. The molecule has 178 valence electrons. The van der Waals surface area contributed by atoms with Gasteiger partial charge in [-0.05, 0) is 63.8 Å². The van der Waals surface area contributed by atoms with Gasteiger partial charge in [0.05, 0.1) is 24.2 Å². The van der Waals surface area contributed by atoms with Crippen LogP contribution in [0.4, 0.5) is 10.5 Å². The van der Waals surface area contributed by atoms with Crippen LogP contribution in [0.25, 0.3) is 0 Å². The molecule has 1 aliphatic heterocycles. The van der Waals surface area contributed by atoms with E-state index in [1.165, 1.54) is 6.07 Å². The molecule has 1 atom stereocenters. The van der Waals surface area contributed by atoms with Gasteiger partial charge in [-0.1, -0.05) is 24.3 Å². The highest BCUT2D eigenvalue weighted by Gasteiger charge is 2.31. The minimum atomic E-state index is -0.522. The molecular formula is C25H32N2O6. The number of nitrogens with zero attached hydrogens (tertiary/aromatic N) is 2. The van der Waals surface area contributed by atoms with Gasteiger partial charge in [0.25, 0.3) is 0 Å². The molecule has 0 bridgehead atoms. The number of amides is 1. The molecule has 2 aromatic rings. The molecule has 0 N–H and O–H groups in total. The average Bonchev–Trinajstić information content (AvgIpc) is 2.78. The number of hydrogen-bond donors (Lipinski definition) is 0. The molecule has 3 rings (SSSR count). The van der Waals surface area contributed by atoms with Crippen LogP contribution in [0.3, 0.4) is 0 Å². The maximum Gasteiger partial charge on any atom is 0.410 e. The van der Waals surface area contributed by atoms with E-state index >= 15 is 0 Å². The Bertz CT molecular complexity index is 939. The van der Waals surface area contributed by atoms with E-state index in [-0.39, 0.29) is 23.6 Å². The summed E-state index contributed by atoms with van der Waals surface area (Å²) in [5, 5.41) is 11.0. The summed E-state index contributed by atoms with van der Waals surface area (Å²) in [7, 11) is 0. The molecule has 1 saturated heterocycles. The van der Waals surface area contributed by atoms with Gasteiger partial charge in [-0.15, -0.1) is 0 Å². The Morgan fingerprint density at radius 2 is 1.76 bits per heavy atom. The van der Waals surface area contributed by atoms with Crippen LogP contribution in [0, 0.1) is 10.1 Å². The summed E-state index contributed by atoms with van der Waals surface area (Å²) >= 11 is 0. The summed E-state index contributed by atoms with van der Waals surface area (Å²) in [6, 6.07) is 14.1. The van der Waals surface area contributed by atoms with Crippen LogP contribution in [-0.4, -0.2) is 41.3 Å². The first-order chi connectivity index (χ1) is 15.7. The fourth-order valence-electron chi connectivity index (χ4n) is 3.76. The van der Waals surface area contributed by atoms with Crippen molar-refractivity contribution in [3.05, 3.63) is 64.2 Å². The maximum atomic E-state index is 12.7. The number of rotatable bonds is 8. The van der Waals surface area contributed by atoms with Crippen molar-refractivity contribution in [1.29, 1.82) is 0 Å². The van der Waals surface area contributed by atoms with E-state index in [2.05, 4.69) is 0 Å². The second kappa shape index (κ2) is 11.0. The fourth-order valence-corrected chi connectivity index (χ4v) is 3.76. The highest BCUT2D eigenvalue weighted by molar-refractivity contribution is 5.69. The summed E-state index contributed by atoms with van der Waals surface area (Å²) in [6.45, 7) is 7.06. The van der Waals surface area contributed by atoms with Crippen LogP contribution < -0.4 is 9.47 Å². The largest absolute Gasteiger partial charge is 0.493 e. The molecule has 1 amide bonds. The molecule has 2 aromatic carbocycles. The second-order valence-electron chi connectivity index (χ2n) is 9.03. The molecule has 0 saturated carbocycles. The lowest BCUT2D eigenvalue weighted by atomic mass is 9.95. The zero-order valence-corrected chi connectivity index (χ0v) is 19.5. The topological polar surface area (TPSA) is 91.1 Å². The van der Waals surface area contributed by atoms with Crippen molar-refractivity contribution >= 4 is 11.8 Å². The van der Waals surface area contributed by atoms with Crippen LogP contribution in [-0.2, 0) is 4.74 Å². The van der Waals surface area contributed by atoms with Gasteiger partial charge in [-0.25, -0.2) is 4.79 Å². The van der Waals surface area contributed by atoms with Crippen LogP contribution in [0.1, 0.15) is 58.1 Å². The molecule has 0 aliphatic carbocycles. The number of nitro groups is 1. The van der Waals surface area contributed by atoms with E-state index in [1.807, 2.05) is 49.9 Å². The van der Waals surface area contributed by atoms with Gasteiger partial charge < -0.3 is 19.1 Å². The van der Waals surface area contributed by atoms with E-state index in [0.717, 1.165) is 30.6 Å². The monoisotopic (exact) mass is 456 g/mol. The number of para-hydroxylation sites is 2. The number of carbonyl (C=O) groups excluding carboxylic acids is 1. The number of hydrogen-bond acceptors (Lipinski definition) is 6. The molecule has 0 radical (unpaired) electrons. The van der Waals surface area contributed by atoms with Gasteiger partial charge in [-0.2, -0.15) is 0 Å². The lowest BCUT2D eigenvalue weighted by molar-refractivity contribution is -0.385. The first-order valence-corrected chi connectivity index (χ1v) is 11.3. The first-order valence-electron chi connectivity index (χ1n) is 11.3. The second-order valence-corrected chi connectivity index (χ2v) is 9.03. The standard InChI is InChI=1S/C25H32N2O6/c1-25(2,3)33-24(28)26-16-7-6-9-21(26)19-12-14-20(15-13-19)31-17-8-18-32-23-11-5-4-10-22(23)27(29)30/h4-5,10-15,21H,6-9,16-18H2,1-3H3. The zero-order valence-electron chi connectivity index (χ0n) is 19.5. The van der Waals surface area contributed by atoms with Crippen molar-refractivity contribution in [1.82, 2.24) is 4.90 Å². The summed E-state index contributed by atoms with van der Waals surface area (Å²) in [5.74, 6) is 0.984. The van der Waals surface area contributed by atoms with Gasteiger partial charge in [-0.3, -0.25) is 10.1 Å². The van der Waals surface area contributed by atoms with Crippen molar-refractivity contribution in [2.75, 3.05) is 19.8 Å². The number of likely N-dealkylation sites (tertiary alicyclic amines) is 1. The fraction of sp³-hybridized carbons (Fsp3) is 0.480. The predicted octanol–water partition coefficient (Wildman–Crippen LogP) is 5.90. The molecule has 1 unspecified atom stereocenters. The molecule has 1 aliphatic rings. The third kappa shape index (κ3) is 7.10. The quantitative estimate of drug-likeness (QED) is 0.279. The molecule has 0 spiro atoms. The van der Waals surface area contributed by atoms with E-state index in [1.54, 1.807) is 18.2 Å². The minimum absolute atomic E-state index is 0.00212. The molecule has 1 fully saturated rings. The Morgan fingerprint density at radius 1 is 1.06 bits per heavy atom. The SMILES string of the molecule is CC(C)(C)OC(=O)N1CCCCC1c1ccc(OCCCOc2ccccc2[N+](=O)[O-])cc1. The minimum Gasteiger partial charge on any atom is -0.493 e. The lowest BCUT2D eigenvalue weighted by Crippen LogP contribution is -2.41. The number of benzene rings is 2. The number of nitro benzene ring substituents is 1. The summed E-state index contributed by atoms with van der Waals surface area (Å²) < 4.78 is 16.9. The molecule has 0 aromatic heterocycles. The zero-order chi connectivity index (χ0) is 23.8. The molecular weight excluding hydrogens is 424 g/mol. The van der Waals surface area contributed by atoms with E-state index in [0.29, 0.717) is 26.2 Å². The number of carbonyl (C=O) groups is 1. The van der Waals surface area contributed by atoms with Gasteiger partial charge in [0, 0.05) is 19.0 Å². The van der Waals surface area contributed by atoms with Crippen molar-refractivity contribution < 1.29 is 23.9 Å². The van der Waals surface area contributed by atoms with Crippen LogP contribution >= 0.6 is 0 Å². The Hall–Kier alpha value is -3.29.